The van der Waals surface area contributed by atoms with Gasteiger partial charge in [0.25, 0.3) is 0 Å². The van der Waals surface area contributed by atoms with Crippen LogP contribution in [0.25, 0.3) is 87.7 Å². The van der Waals surface area contributed by atoms with Gasteiger partial charge in [-0.3, -0.25) is 4.99 Å². The van der Waals surface area contributed by atoms with Gasteiger partial charge in [-0.25, -0.2) is 9.98 Å². The summed E-state index contributed by atoms with van der Waals surface area (Å²) in [6.07, 6.45) is 0. The van der Waals surface area contributed by atoms with Crippen molar-refractivity contribution in [2.24, 2.45) is 15.0 Å². The molecular weight excluding hydrogens is 723 g/mol. The Kier molecular flexibility index (Phi) is 8.30. The number of benzene rings is 9. The number of aliphatic imine (C=N–C) groups is 3. The van der Waals surface area contributed by atoms with Crippen molar-refractivity contribution in [3.63, 3.8) is 0 Å². The van der Waals surface area contributed by atoms with Crippen LogP contribution in [0.15, 0.2) is 212 Å². The Morgan fingerprint density at radius 1 is 0.458 bits per heavy atom. The summed E-state index contributed by atoms with van der Waals surface area (Å²) in [5.74, 6) is 0.994. The van der Waals surface area contributed by atoms with Crippen molar-refractivity contribution < 1.29 is 8.83 Å². The molecule has 0 saturated heterocycles. The molecule has 11 aromatic rings. The molecule has 11 rings (SSSR count). The number of para-hydroxylation sites is 2. The number of hydrogen-bond acceptors (Lipinski definition) is 3. The van der Waals surface area contributed by atoms with E-state index in [2.05, 4.69) is 145 Å². The number of rotatable bonds is 6. The van der Waals surface area contributed by atoms with Crippen LogP contribution in [0.1, 0.15) is 16.7 Å². The Morgan fingerprint density at radius 2 is 1.08 bits per heavy atom. The van der Waals surface area contributed by atoms with E-state index >= 15 is 0 Å². The predicted octanol–water partition coefficient (Wildman–Crippen LogP) is 14.2. The third-order valence-corrected chi connectivity index (χ3v) is 11.3. The zero-order valence-corrected chi connectivity index (χ0v) is 32.0. The lowest BCUT2D eigenvalue weighted by Gasteiger charge is -2.11. The molecule has 2 aromatic heterocycles. The summed E-state index contributed by atoms with van der Waals surface area (Å²) in [6.45, 7) is 4.31. The summed E-state index contributed by atoms with van der Waals surface area (Å²) in [6, 6.07) is 65.0. The maximum absolute atomic E-state index is 6.61. The van der Waals surface area contributed by atoms with E-state index in [0.29, 0.717) is 18.2 Å². The zero-order chi connectivity index (χ0) is 39.3. The summed E-state index contributed by atoms with van der Waals surface area (Å²) in [7, 11) is 0. The molecule has 0 aliphatic heterocycles. The first-order valence-corrected chi connectivity index (χ1v) is 19.7. The van der Waals surface area contributed by atoms with Crippen LogP contribution in [-0.4, -0.2) is 18.4 Å². The summed E-state index contributed by atoms with van der Waals surface area (Å²) >= 11 is 0. The van der Waals surface area contributed by atoms with E-state index in [-0.39, 0.29) is 0 Å². The first-order valence-electron chi connectivity index (χ1n) is 19.7. The number of nitrogens with zero attached hydrogens (tertiary/aromatic N) is 3. The third kappa shape index (κ3) is 5.99. The molecule has 0 atom stereocenters. The van der Waals surface area contributed by atoms with E-state index in [4.69, 9.17) is 18.8 Å². The van der Waals surface area contributed by atoms with Crippen LogP contribution in [0, 0.1) is 0 Å². The highest BCUT2D eigenvalue weighted by Crippen LogP contribution is 2.40. The first-order chi connectivity index (χ1) is 29.2. The van der Waals surface area contributed by atoms with Gasteiger partial charge in [-0.15, -0.1) is 0 Å². The number of amidine groups is 2. The van der Waals surface area contributed by atoms with Crippen molar-refractivity contribution in [3.05, 3.63) is 205 Å². The highest BCUT2D eigenvalue weighted by molar-refractivity contribution is 6.24. The molecule has 9 aromatic carbocycles. The minimum atomic E-state index is 0.326. The van der Waals surface area contributed by atoms with Crippen LogP contribution in [0.2, 0.25) is 0 Å². The van der Waals surface area contributed by atoms with E-state index in [1.54, 1.807) is 0 Å². The Balaban J connectivity index is 1.09. The minimum Gasteiger partial charge on any atom is -0.456 e. The van der Waals surface area contributed by atoms with E-state index < -0.39 is 0 Å². The Hall–Kier alpha value is -7.89. The Morgan fingerprint density at radius 3 is 1.93 bits per heavy atom. The molecule has 0 N–H and O–H groups in total. The average Bonchev–Trinajstić information content (AvgIpc) is 3.88. The fraction of sp³-hybridized carbons (Fsp3) is 0.0185. The Bertz CT molecular complexity index is 3490. The normalized spacial score (nSPS) is 12.4. The molecule has 59 heavy (non-hydrogen) atoms. The minimum absolute atomic E-state index is 0.326. The molecule has 0 unspecified atom stereocenters. The largest absolute Gasteiger partial charge is 0.456 e. The van der Waals surface area contributed by atoms with Crippen LogP contribution in [0.3, 0.4) is 0 Å². The van der Waals surface area contributed by atoms with Gasteiger partial charge in [-0.05, 0) is 74.8 Å². The standard InChI is InChI=1S/C54H35N3O2/c1-55-53(39-31-26-34-12-2-3-14-38(34)32-39)57-54(56-33-40-16-9-21-45-44-18-6-7-23-47(44)59-52(40)45)46-22-11-25-49-51(46)50-43(20-10-24-48(50)58-49)37-29-27-36(28-30-37)42-19-8-15-35-13-4-5-17-41(35)42/h2-32H,1,33H2/b56-54-,57-53-. The molecule has 0 aliphatic rings. The van der Waals surface area contributed by atoms with Crippen molar-refractivity contribution >= 4 is 83.8 Å². The molecule has 0 radical (unpaired) electrons. The van der Waals surface area contributed by atoms with Crippen molar-refractivity contribution in [3.8, 4) is 22.3 Å². The highest BCUT2D eigenvalue weighted by Gasteiger charge is 2.20. The van der Waals surface area contributed by atoms with E-state index in [1.807, 2.05) is 54.6 Å². The van der Waals surface area contributed by atoms with Gasteiger partial charge in [-0.2, -0.15) is 0 Å². The topological polar surface area (TPSA) is 63.4 Å². The van der Waals surface area contributed by atoms with E-state index in [1.165, 1.54) is 16.3 Å². The second-order valence-corrected chi connectivity index (χ2v) is 14.8. The summed E-state index contributed by atoms with van der Waals surface area (Å²) in [5, 5.41) is 8.75. The smallest absolute Gasteiger partial charge is 0.161 e. The maximum Gasteiger partial charge on any atom is 0.161 e. The van der Waals surface area contributed by atoms with Crippen LogP contribution in [0.4, 0.5) is 0 Å². The van der Waals surface area contributed by atoms with E-state index in [0.717, 1.165) is 88.0 Å². The van der Waals surface area contributed by atoms with Crippen LogP contribution >= 0.6 is 0 Å². The molecular formula is C54H35N3O2. The van der Waals surface area contributed by atoms with Gasteiger partial charge < -0.3 is 8.83 Å². The third-order valence-electron chi connectivity index (χ3n) is 11.3. The number of furan rings is 2. The fourth-order valence-corrected chi connectivity index (χ4v) is 8.49. The molecule has 5 heteroatoms. The molecule has 278 valence electrons. The number of hydrogen-bond donors (Lipinski definition) is 0. The van der Waals surface area contributed by atoms with Crippen LogP contribution < -0.4 is 0 Å². The highest BCUT2D eigenvalue weighted by atomic mass is 16.3. The van der Waals surface area contributed by atoms with Crippen molar-refractivity contribution in [2.45, 2.75) is 6.54 Å². The quantitative estimate of drug-likeness (QED) is 0.125. The van der Waals surface area contributed by atoms with Crippen molar-refractivity contribution in [1.82, 2.24) is 0 Å². The van der Waals surface area contributed by atoms with Gasteiger partial charge in [0.05, 0.1) is 6.54 Å². The second kappa shape index (κ2) is 14.2. The molecule has 0 saturated carbocycles. The van der Waals surface area contributed by atoms with Gasteiger partial charge >= 0.3 is 0 Å². The molecule has 0 fully saturated rings. The van der Waals surface area contributed by atoms with Gasteiger partial charge in [0.2, 0.25) is 0 Å². The molecule has 0 spiro atoms. The molecule has 5 nitrogen and oxygen atoms in total. The molecule has 0 aliphatic carbocycles. The predicted molar refractivity (Wildman–Crippen MR) is 246 cm³/mol. The lowest BCUT2D eigenvalue weighted by molar-refractivity contribution is 0.663. The summed E-state index contributed by atoms with van der Waals surface area (Å²) in [5.41, 5.74) is 10.4. The number of fused-ring (bicyclic) bond motifs is 8. The lowest BCUT2D eigenvalue weighted by atomic mass is 9.94. The zero-order valence-electron chi connectivity index (χ0n) is 32.0. The monoisotopic (exact) mass is 757 g/mol. The summed E-state index contributed by atoms with van der Waals surface area (Å²) in [4.78, 5) is 15.1. The van der Waals surface area contributed by atoms with Crippen LogP contribution in [0.5, 0.6) is 0 Å². The van der Waals surface area contributed by atoms with Gasteiger partial charge in [0.15, 0.2) is 11.7 Å². The lowest BCUT2D eigenvalue weighted by Crippen LogP contribution is -2.06. The van der Waals surface area contributed by atoms with Crippen LogP contribution in [-0.2, 0) is 6.54 Å². The second-order valence-electron chi connectivity index (χ2n) is 14.8. The van der Waals surface area contributed by atoms with Crippen molar-refractivity contribution in [1.29, 1.82) is 0 Å². The first kappa shape index (κ1) is 34.4. The SMILES string of the molecule is C=N/C(=N\C(=N/Cc1cccc2c1oc1ccccc12)c1cccc2oc3cccc(-c4ccc(-c5cccc6ccccc56)cc4)c3c12)c1ccc2ccccc2c1. The fourth-order valence-electron chi connectivity index (χ4n) is 8.49. The van der Waals surface area contributed by atoms with Gasteiger partial charge in [0.1, 0.15) is 22.3 Å². The molecule has 0 bridgehead atoms. The molecule has 2 heterocycles. The average molecular weight is 758 g/mol. The van der Waals surface area contributed by atoms with Gasteiger partial charge in [-0.1, -0.05) is 164 Å². The summed E-state index contributed by atoms with van der Waals surface area (Å²) < 4.78 is 13.0. The van der Waals surface area contributed by atoms with E-state index in [9.17, 15) is 0 Å². The Labute approximate surface area is 339 Å². The van der Waals surface area contributed by atoms with Gasteiger partial charge in [0, 0.05) is 38.2 Å². The van der Waals surface area contributed by atoms with Crippen molar-refractivity contribution in [2.75, 3.05) is 0 Å². The maximum atomic E-state index is 6.61. The molecule has 0 amide bonds.